The van der Waals surface area contributed by atoms with Crippen LogP contribution in [0.2, 0.25) is 0 Å². The molecule has 1 N–H and O–H groups in total. The predicted molar refractivity (Wildman–Crippen MR) is 37.9 cm³/mol. The molecule has 1 aromatic rings. The molecule has 1 heterocycles. The smallest absolute Gasteiger partial charge is 0.278 e. The van der Waals surface area contributed by atoms with E-state index in [0.717, 1.165) is 0 Å². The van der Waals surface area contributed by atoms with E-state index in [1.807, 2.05) is 0 Å². The predicted octanol–water partition coefficient (Wildman–Crippen LogP) is 0.953. The van der Waals surface area contributed by atoms with Gasteiger partial charge in [-0.15, -0.1) is 0 Å². The highest BCUT2D eigenvalue weighted by Gasteiger charge is 2.02. The molecule has 0 bridgehead atoms. The Morgan fingerprint density at radius 3 is 2.90 bits per heavy atom. The lowest BCUT2D eigenvalue weighted by molar-refractivity contribution is 0.347. The summed E-state index contributed by atoms with van der Waals surface area (Å²) in [5.41, 5.74) is 0. The van der Waals surface area contributed by atoms with E-state index in [-0.39, 0.29) is 11.8 Å². The van der Waals surface area contributed by atoms with Crippen LogP contribution in [0.1, 0.15) is 0 Å². The monoisotopic (exact) mass is 204 g/mol. The Kier molecular flexibility index (Phi) is 2.06. The first kappa shape index (κ1) is 7.27. The second kappa shape index (κ2) is 2.83. The Balaban J connectivity index is 3.09. The van der Waals surface area contributed by atoms with E-state index in [1.165, 1.54) is 13.3 Å². The number of hydrogen-bond donors (Lipinski definition) is 1. The number of hydrogen-bond acceptors (Lipinski definition) is 4. The van der Waals surface area contributed by atoms with Crippen LogP contribution in [-0.2, 0) is 0 Å². The second-order valence-electron chi connectivity index (χ2n) is 1.53. The fraction of sp³-hybridized carbons (Fsp3) is 0.200. The highest BCUT2D eigenvalue weighted by atomic mass is 79.9. The van der Waals surface area contributed by atoms with Crippen LogP contribution in [0, 0.1) is 0 Å². The maximum absolute atomic E-state index is 8.92. The van der Waals surface area contributed by atoms with Gasteiger partial charge in [-0.3, -0.25) is 0 Å². The molecule has 0 amide bonds. The summed E-state index contributed by atoms with van der Waals surface area (Å²) in [6.45, 7) is 0. The molecule has 1 aromatic heterocycles. The van der Waals surface area contributed by atoms with Gasteiger partial charge in [0.05, 0.1) is 13.3 Å². The summed E-state index contributed by atoms with van der Waals surface area (Å²) in [6, 6.07) is 0. The molecular formula is C5H5BrN2O2. The van der Waals surface area contributed by atoms with E-state index < -0.39 is 0 Å². The van der Waals surface area contributed by atoms with Crippen LogP contribution >= 0.6 is 15.9 Å². The van der Waals surface area contributed by atoms with Gasteiger partial charge < -0.3 is 9.84 Å². The quantitative estimate of drug-likeness (QED) is 0.741. The Morgan fingerprint density at radius 2 is 2.40 bits per heavy atom. The highest BCUT2D eigenvalue weighted by molar-refractivity contribution is 9.10. The molecule has 54 valence electrons. The van der Waals surface area contributed by atoms with Crippen LogP contribution < -0.4 is 4.74 Å². The highest BCUT2D eigenvalue weighted by Crippen LogP contribution is 2.20. The molecule has 0 unspecified atom stereocenters. The first-order chi connectivity index (χ1) is 4.74. The van der Waals surface area contributed by atoms with Crippen LogP contribution in [-0.4, -0.2) is 22.2 Å². The minimum absolute atomic E-state index is 0.120. The topological polar surface area (TPSA) is 55.2 Å². The molecule has 5 heteroatoms. The van der Waals surface area contributed by atoms with Crippen molar-refractivity contribution in [1.82, 2.24) is 9.97 Å². The van der Waals surface area contributed by atoms with Gasteiger partial charge in [-0.25, -0.2) is 4.98 Å². The van der Waals surface area contributed by atoms with Crippen molar-refractivity contribution in [3.05, 3.63) is 10.8 Å². The zero-order valence-corrected chi connectivity index (χ0v) is 6.79. The average molecular weight is 205 g/mol. The van der Waals surface area contributed by atoms with Crippen LogP contribution in [0.5, 0.6) is 11.8 Å². The van der Waals surface area contributed by atoms with Crippen LogP contribution in [0.15, 0.2) is 10.8 Å². The van der Waals surface area contributed by atoms with Crippen molar-refractivity contribution in [2.75, 3.05) is 7.11 Å². The number of halogens is 1. The summed E-state index contributed by atoms with van der Waals surface area (Å²) in [5, 5.41) is 8.92. The van der Waals surface area contributed by atoms with Gasteiger partial charge in [0.1, 0.15) is 4.60 Å². The third kappa shape index (κ3) is 1.36. The third-order valence-electron chi connectivity index (χ3n) is 0.886. The van der Waals surface area contributed by atoms with Crippen molar-refractivity contribution in [3.8, 4) is 11.8 Å². The number of nitrogens with zero attached hydrogens (tertiary/aromatic N) is 2. The Hall–Kier alpha value is -0.840. The number of ether oxygens (including phenoxy) is 1. The maximum Gasteiger partial charge on any atom is 0.278 e. The molecule has 4 nitrogen and oxygen atoms in total. The number of rotatable bonds is 1. The number of aromatic nitrogens is 2. The lowest BCUT2D eigenvalue weighted by Gasteiger charge is -1.98. The fourth-order valence-corrected chi connectivity index (χ4v) is 0.746. The van der Waals surface area contributed by atoms with Gasteiger partial charge in [0.15, 0.2) is 0 Å². The molecule has 0 fully saturated rings. The van der Waals surface area contributed by atoms with E-state index in [4.69, 9.17) is 5.11 Å². The molecule has 0 atom stereocenters. The van der Waals surface area contributed by atoms with E-state index >= 15 is 0 Å². The zero-order chi connectivity index (χ0) is 7.56. The van der Waals surface area contributed by atoms with Crippen molar-refractivity contribution < 1.29 is 9.84 Å². The number of methoxy groups -OCH3 is 1. The Morgan fingerprint density at radius 1 is 1.70 bits per heavy atom. The van der Waals surface area contributed by atoms with Gasteiger partial charge in [0.25, 0.3) is 11.8 Å². The Bertz CT molecular complexity index is 241. The lowest BCUT2D eigenvalue weighted by Crippen LogP contribution is -1.89. The average Bonchev–Trinajstić information content (AvgIpc) is 1.94. The standard InChI is InChI=1S/C5H5BrN2O2/c1-10-5-4(9)7-2-3(6)8-5/h2H,1H3,(H,7,9). The first-order valence-electron chi connectivity index (χ1n) is 2.49. The van der Waals surface area contributed by atoms with Crippen molar-refractivity contribution >= 4 is 15.9 Å². The summed E-state index contributed by atoms with van der Waals surface area (Å²) in [6.07, 6.45) is 1.39. The van der Waals surface area contributed by atoms with Gasteiger partial charge in [0.2, 0.25) is 0 Å². The van der Waals surface area contributed by atoms with Gasteiger partial charge in [-0.2, -0.15) is 4.98 Å². The maximum atomic E-state index is 8.92. The van der Waals surface area contributed by atoms with Crippen molar-refractivity contribution in [2.24, 2.45) is 0 Å². The van der Waals surface area contributed by atoms with Crippen molar-refractivity contribution in [1.29, 1.82) is 0 Å². The molecule has 0 aliphatic rings. The molecule has 0 aromatic carbocycles. The summed E-state index contributed by atoms with van der Waals surface area (Å²) >= 11 is 3.07. The summed E-state index contributed by atoms with van der Waals surface area (Å²) in [7, 11) is 1.41. The van der Waals surface area contributed by atoms with Gasteiger partial charge in [0, 0.05) is 0 Å². The normalized spacial score (nSPS) is 9.40. The fourth-order valence-electron chi connectivity index (χ4n) is 0.482. The third-order valence-corrected chi connectivity index (χ3v) is 1.27. The minimum Gasteiger partial charge on any atom is -0.489 e. The Labute approximate surface area is 66.0 Å². The SMILES string of the molecule is COc1nc(Br)cnc1O. The van der Waals surface area contributed by atoms with Crippen molar-refractivity contribution in [3.63, 3.8) is 0 Å². The summed E-state index contributed by atoms with van der Waals surface area (Å²) in [5.74, 6) is -0.0833. The second-order valence-corrected chi connectivity index (χ2v) is 2.34. The molecule has 0 saturated heterocycles. The molecule has 10 heavy (non-hydrogen) atoms. The van der Waals surface area contributed by atoms with Gasteiger partial charge in [-0.05, 0) is 15.9 Å². The van der Waals surface area contributed by atoms with E-state index in [0.29, 0.717) is 4.60 Å². The van der Waals surface area contributed by atoms with Gasteiger partial charge >= 0.3 is 0 Å². The van der Waals surface area contributed by atoms with Crippen LogP contribution in [0.4, 0.5) is 0 Å². The van der Waals surface area contributed by atoms with E-state index in [2.05, 4.69) is 30.6 Å². The molecule has 0 aliphatic carbocycles. The molecule has 1 rings (SSSR count). The zero-order valence-electron chi connectivity index (χ0n) is 5.21. The summed E-state index contributed by atoms with van der Waals surface area (Å²) < 4.78 is 5.20. The molecule has 0 aliphatic heterocycles. The van der Waals surface area contributed by atoms with Crippen molar-refractivity contribution in [2.45, 2.75) is 0 Å². The van der Waals surface area contributed by atoms with Gasteiger partial charge in [-0.1, -0.05) is 0 Å². The number of aromatic hydroxyl groups is 1. The first-order valence-corrected chi connectivity index (χ1v) is 3.29. The molecular weight excluding hydrogens is 200 g/mol. The summed E-state index contributed by atoms with van der Waals surface area (Å²) in [4.78, 5) is 7.34. The largest absolute Gasteiger partial charge is 0.489 e. The van der Waals surface area contributed by atoms with E-state index in [1.54, 1.807) is 0 Å². The van der Waals surface area contributed by atoms with E-state index in [9.17, 15) is 0 Å². The van der Waals surface area contributed by atoms with Crippen LogP contribution in [0.3, 0.4) is 0 Å². The lowest BCUT2D eigenvalue weighted by atomic mass is 10.7. The van der Waals surface area contributed by atoms with Crippen LogP contribution in [0.25, 0.3) is 0 Å². The molecule has 0 radical (unpaired) electrons. The minimum atomic E-state index is -0.203. The molecule has 0 spiro atoms. The molecule has 0 saturated carbocycles.